The Morgan fingerprint density at radius 2 is 2.07 bits per heavy atom. The first kappa shape index (κ1) is 17.6. The van der Waals surface area contributed by atoms with Crippen LogP contribution in [0.25, 0.3) is 11.5 Å². The topological polar surface area (TPSA) is 64.3 Å². The Hall–Kier alpha value is -2.80. The second-order valence-electron chi connectivity index (χ2n) is 6.73. The molecule has 1 atom stereocenters. The molecule has 0 saturated carbocycles. The van der Waals surface area contributed by atoms with Crippen LogP contribution in [-0.2, 0) is 6.54 Å². The standard InChI is InChI=1S/C20H21FN4O2/c21-16-6-8-17(9-7-16)26-14-15-4-3-11-25(12-15)13-19-23-20(24-27-19)18-5-1-2-10-22-18/h1-2,5-10,15H,3-4,11-14H2/t15-/m1/s1. The third-order valence-electron chi connectivity index (χ3n) is 4.62. The first-order valence-corrected chi connectivity index (χ1v) is 9.11. The van der Waals surface area contributed by atoms with Gasteiger partial charge >= 0.3 is 0 Å². The zero-order valence-corrected chi connectivity index (χ0v) is 14.9. The van der Waals surface area contributed by atoms with E-state index in [9.17, 15) is 4.39 Å². The Morgan fingerprint density at radius 3 is 2.89 bits per heavy atom. The van der Waals surface area contributed by atoms with Crippen molar-refractivity contribution in [2.45, 2.75) is 19.4 Å². The van der Waals surface area contributed by atoms with Crippen LogP contribution in [0.1, 0.15) is 18.7 Å². The monoisotopic (exact) mass is 368 g/mol. The number of rotatable bonds is 6. The molecular formula is C20H21FN4O2. The Morgan fingerprint density at radius 1 is 1.19 bits per heavy atom. The number of likely N-dealkylation sites (tertiary alicyclic amines) is 1. The highest BCUT2D eigenvalue weighted by Crippen LogP contribution is 2.21. The third kappa shape index (κ3) is 4.68. The fourth-order valence-corrected chi connectivity index (χ4v) is 3.29. The average Bonchev–Trinajstić information content (AvgIpc) is 3.17. The van der Waals surface area contributed by atoms with Gasteiger partial charge in [0.1, 0.15) is 17.3 Å². The molecular weight excluding hydrogens is 347 g/mol. The summed E-state index contributed by atoms with van der Waals surface area (Å²) in [6.45, 7) is 3.13. The van der Waals surface area contributed by atoms with Crippen molar-refractivity contribution >= 4 is 0 Å². The maximum absolute atomic E-state index is 13.0. The van der Waals surface area contributed by atoms with Crippen LogP contribution in [0.4, 0.5) is 4.39 Å². The van der Waals surface area contributed by atoms with Crippen molar-refractivity contribution < 1.29 is 13.7 Å². The van der Waals surface area contributed by atoms with E-state index in [0.29, 0.717) is 42.2 Å². The molecule has 0 unspecified atom stereocenters. The van der Waals surface area contributed by atoms with Gasteiger partial charge in [-0.25, -0.2) is 4.39 Å². The Labute approximate surface area is 157 Å². The van der Waals surface area contributed by atoms with Crippen LogP contribution in [-0.4, -0.2) is 39.7 Å². The van der Waals surface area contributed by atoms with Crippen LogP contribution < -0.4 is 4.74 Å². The van der Waals surface area contributed by atoms with Crippen molar-refractivity contribution in [3.63, 3.8) is 0 Å². The normalized spacial score (nSPS) is 17.7. The van der Waals surface area contributed by atoms with Gasteiger partial charge in [0.2, 0.25) is 11.7 Å². The molecule has 6 nitrogen and oxygen atoms in total. The van der Waals surface area contributed by atoms with Crippen molar-refractivity contribution in [2.75, 3.05) is 19.7 Å². The van der Waals surface area contributed by atoms with Gasteiger partial charge in [-0.05, 0) is 55.8 Å². The molecule has 2 aromatic heterocycles. The van der Waals surface area contributed by atoms with E-state index in [4.69, 9.17) is 9.26 Å². The molecule has 1 aromatic carbocycles. The third-order valence-corrected chi connectivity index (χ3v) is 4.62. The smallest absolute Gasteiger partial charge is 0.241 e. The molecule has 0 amide bonds. The fraction of sp³-hybridized carbons (Fsp3) is 0.350. The van der Waals surface area contributed by atoms with Crippen molar-refractivity contribution in [2.24, 2.45) is 5.92 Å². The molecule has 7 heteroatoms. The minimum absolute atomic E-state index is 0.254. The van der Waals surface area contributed by atoms with Gasteiger partial charge in [-0.15, -0.1) is 0 Å². The van der Waals surface area contributed by atoms with Gasteiger partial charge in [-0.3, -0.25) is 9.88 Å². The summed E-state index contributed by atoms with van der Waals surface area (Å²) in [7, 11) is 0. The number of pyridine rings is 1. The Kier molecular flexibility index (Phi) is 5.39. The van der Waals surface area contributed by atoms with Crippen molar-refractivity contribution in [3.05, 3.63) is 60.4 Å². The number of nitrogens with zero attached hydrogens (tertiary/aromatic N) is 4. The maximum Gasteiger partial charge on any atom is 0.241 e. The van der Waals surface area contributed by atoms with Gasteiger partial charge in [0, 0.05) is 18.7 Å². The molecule has 1 fully saturated rings. The highest BCUT2D eigenvalue weighted by Gasteiger charge is 2.22. The number of halogens is 1. The molecule has 0 N–H and O–H groups in total. The molecule has 0 spiro atoms. The lowest BCUT2D eigenvalue weighted by atomic mass is 9.99. The lowest BCUT2D eigenvalue weighted by molar-refractivity contribution is 0.115. The lowest BCUT2D eigenvalue weighted by Gasteiger charge is -2.31. The number of ether oxygens (including phenoxy) is 1. The molecule has 3 aromatic rings. The van der Waals surface area contributed by atoms with E-state index in [1.165, 1.54) is 12.1 Å². The predicted molar refractivity (Wildman–Crippen MR) is 97.4 cm³/mol. The first-order chi connectivity index (χ1) is 13.3. The molecule has 0 radical (unpaired) electrons. The number of piperidine rings is 1. The van der Waals surface area contributed by atoms with Gasteiger partial charge in [-0.1, -0.05) is 11.2 Å². The van der Waals surface area contributed by atoms with Crippen LogP contribution in [0, 0.1) is 11.7 Å². The summed E-state index contributed by atoms with van der Waals surface area (Å²) in [5.41, 5.74) is 0.705. The minimum Gasteiger partial charge on any atom is -0.493 e. The summed E-state index contributed by atoms with van der Waals surface area (Å²) in [6, 6.07) is 11.8. The van der Waals surface area contributed by atoms with E-state index in [1.807, 2.05) is 18.2 Å². The number of aromatic nitrogens is 3. The summed E-state index contributed by atoms with van der Waals surface area (Å²) >= 11 is 0. The minimum atomic E-state index is -0.254. The summed E-state index contributed by atoms with van der Waals surface area (Å²) < 4.78 is 24.2. The van der Waals surface area contributed by atoms with Gasteiger partial charge in [0.15, 0.2) is 0 Å². The van der Waals surface area contributed by atoms with Gasteiger partial charge in [0.05, 0.1) is 13.2 Å². The van der Waals surface area contributed by atoms with Gasteiger partial charge in [-0.2, -0.15) is 4.98 Å². The predicted octanol–water partition coefficient (Wildman–Crippen LogP) is 3.56. The van der Waals surface area contributed by atoms with Crippen LogP contribution in [0.3, 0.4) is 0 Å². The molecule has 140 valence electrons. The largest absolute Gasteiger partial charge is 0.493 e. The van der Waals surface area contributed by atoms with Crippen molar-refractivity contribution in [1.29, 1.82) is 0 Å². The Balaban J connectivity index is 1.31. The molecule has 0 bridgehead atoms. The van der Waals surface area contributed by atoms with Gasteiger partial charge in [0.25, 0.3) is 0 Å². The first-order valence-electron chi connectivity index (χ1n) is 9.11. The summed E-state index contributed by atoms with van der Waals surface area (Å²) in [5.74, 6) is 1.97. The molecule has 3 heterocycles. The average molecular weight is 368 g/mol. The van der Waals surface area contributed by atoms with Crippen LogP contribution in [0.5, 0.6) is 5.75 Å². The van der Waals surface area contributed by atoms with E-state index >= 15 is 0 Å². The highest BCUT2D eigenvalue weighted by molar-refractivity contribution is 5.46. The van der Waals surface area contributed by atoms with Crippen molar-refractivity contribution in [3.8, 4) is 17.3 Å². The molecule has 27 heavy (non-hydrogen) atoms. The summed E-state index contributed by atoms with van der Waals surface area (Å²) in [6.07, 6.45) is 3.92. The number of hydrogen-bond acceptors (Lipinski definition) is 6. The molecule has 1 aliphatic rings. The molecule has 1 saturated heterocycles. The second kappa shape index (κ2) is 8.26. The maximum atomic E-state index is 13.0. The van der Waals surface area contributed by atoms with Crippen molar-refractivity contribution in [1.82, 2.24) is 20.0 Å². The fourth-order valence-electron chi connectivity index (χ4n) is 3.29. The second-order valence-corrected chi connectivity index (χ2v) is 6.73. The van der Waals surface area contributed by atoms with Crippen LogP contribution in [0.15, 0.2) is 53.2 Å². The number of hydrogen-bond donors (Lipinski definition) is 0. The molecule has 1 aliphatic heterocycles. The summed E-state index contributed by atoms with van der Waals surface area (Å²) in [4.78, 5) is 11.0. The summed E-state index contributed by atoms with van der Waals surface area (Å²) in [5, 5.41) is 4.02. The zero-order chi connectivity index (χ0) is 18.5. The zero-order valence-electron chi connectivity index (χ0n) is 14.9. The van der Waals surface area contributed by atoms with Crippen LogP contribution in [0.2, 0.25) is 0 Å². The Bertz CT molecular complexity index is 854. The lowest BCUT2D eigenvalue weighted by Crippen LogP contribution is -2.37. The SMILES string of the molecule is Fc1ccc(OC[C@@H]2CCCN(Cc3nc(-c4ccccn4)no3)C2)cc1. The van der Waals surface area contributed by atoms with E-state index in [2.05, 4.69) is 20.0 Å². The molecule has 0 aliphatic carbocycles. The van der Waals surface area contributed by atoms with Crippen LogP contribution >= 0.6 is 0 Å². The van der Waals surface area contributed by atoms with E-state index in [0.717, 1.165) is 25.9 Å². The quantitative estimate of drug-likeness (QED) is 0.663. The highest BCUT2D eigenvalue weighted by atomic mass is 19.1. The molecule has 4 rings (SSSR count). The van der Waals surface area contributed by atoms with E-state index in [-0.39, 0.29) is 5.82 Å². The van der Waals surface area contributed by atoms with E-state index < -0.39 is 0 Å². The van der Waals surface area contributed by atoms with Gasteiger partial charge < -0.3 is 9.26 Å². The number of benzene rings is 1. The van der Waals surface area contributed by atoms with E-state index in [1.54, 1.807) is 18.3 Å².